The summed E-state index contributed by atoms with van der Waals surface area (Å²) in [6.45, 7) is 0.211. The SMILES string of the molecule is O=C(N/N=C/c1ccc(Br)cc1)c1ccccc1OCc1ccc(Cl)cc1Cl. The number of amides is 1. The second kappa shape index (κ2) is 9.73. The molecule has 0 atom stereocenters. The number of carbonyl (C=O) groups is 1. The number of nitrogens with one attached hydrogen (secondary N) is 1. The number of benzene rings is 3. The highest BCUT2D eigenvalue weighted by Crippen LogP contribution is 2.24. The molecule has 4 nitrogen and oxygen atoms in total. The fourth-order valence-corrected chi connectivity index (χ4v) is 3.08. The number of ether oxygens (including phenoxy) is 1. The Morgan fingerprint density at radius 1 is 1.07 bits per heavy atom. The van der Waals surface area contributed by atoms with Crippen LogP contribution < -0.4 is 10.2 Å². The minimum Gasteiger partial charge on any atom is -0.488 e. The van der Waals surface area contributed by atoms with E-state index in [1.54, 1.807) is 48.7 Å². The first kappa shape index (κ1) is 20.4. The first-order chi connectivity index (χ1) is 13.5. The molecule has 0 fully saturated rings. The van der Waals surface area contributed by atoms with Gasteiger partial charge in [-0.1, -0.05) is 69.5 Å². The normalized spacial score (nSPS) is 10.8. The lowest BCUT2D eigenvalue weighted by Crippen LogP contribution is -2.18. The molecular weight excluding hydrogens is 463 g/mol. The van der Waals surface area contributed by atoms with Gasteiger partial charge in [0.05, 0.1) is 11.8 Å². The maximum atomic E-state index is 12.5. The monoisotopic (exact) mass is 476 g/mol. The molecule has 0 unspecified atom stereocenters. The quantitative estimate of drug-likeness (QED) is 0.344. The number of hydrogen-bond acceptors (Lipinski definition) is 3. The molecule has 1 amide bonds. The molecule has 0 aliphatic rings. The van der Waals surface area contributed by atoms with Crippen LogP contribution >= 0.6 is 39.1 Å². The number of nitrogens with zero attached hydrogens (tertiary/aromatic N) is 1. The van der Waals surface area contributed by atoms with Gasteiger partial charge in [-0.2, -0.15) is 5.10 Å². The maximum Gasteiger partial charge on any atom is 0.275 e. The standard InChI is InChI=1S/C21H15BrCl2N2O2/c22-16-8-5-14(6-9-16)12-25-26-21(27)18-3-1-2-4-20(18)28-13-15-7-10-17(23)11-19(15)24/h1-12H,13H2,(H,26,27)/b25-12+. The second-order valence-electron chi connectivity index (χ2n) is 5.77. The number of para-hydroxylation sites is 1. The summed E-state index contributed by atoms with van der Waals surface area (Å²) in [6.07, 6.45) is 1.57. The van der Waals surface area contributed by atoms with Crippen molar-refractivity contribution in [3.05, 3.63) is 97.9 Å². The largest absolute Gasteiger partial charge is 0.488 e. The van der Waals surface area contributed by atoms with E-state index in [9.17, 15) is 4.79 Å². The molecule has 3 aromatic carbocycles. The van der Waals surface area contributed by atoms with Gasteiger partial charge in [-0.15, -0.1) is 0 Å². The Kier molecular flexibility index (Phi) is 7.09. The van der Waals surface area contributed by atoms with Gasteiger partial charge < -0.3 is 4.74 Å². The van der Waals surface area contributed by atoms with E-state index >= 15 is 0 Å². The van der Waals surface area contributed by atoms with Crippen LogP contribution in [0.5, 0.6) is 5.75 Å². The summed E-state index contributed by atoms with van der Waals surface area (Å²) in [5.74, 6) is 0.0658. The van der Waals surface area contributed by atoms with Crippen molar-refractivity contribution in [1.29, 1.82) is 0 Å². The summed E-state index contributed by atoms with van der Waals surface area (Å²) in [7, 11) is 0. The van der Waals surface area contributed by atoms with Gasteiger partial charge in [-0.3, -0.25) is 4.79 Å². The van der Waals surface area contributed by atoms with Crippen LogP contribution in [0.1, 0.15) is 21.5 Å². The van der Waals surface area contributed by atoms with Crippen molar-refractivity contribution in [3.63, 3.8) is 0 Å². The van der Waals surface area contributed by atoms with E-state index in [-0.39, 0.29) is 12.5 Å². The summed E-state index contributed by atoms with van der Waals surface area (Å²) in [6, 6.07) is 19.7. The fourth-order valence-electron chi connectivity index (χ4n) is 2.35. The third-order valence-electron chi connectivity index (χ3n) is 3.78. The Hall–Kier alpha value is -2.34. The number of hydrazone groups is 1. The first-order valence-corrected chi connectivity index (χ1v) is 9.82. The van der Waals surface area contributed by atoms with Gasteiger partial charge in [0, 0.05) is 20.1 Å². The van der Waals surface area contributed by atoms with E-state index in [0.717, 1.165) is 15.6 Å². The van der Waals surface area contributed by atoms with Crippen molar-refractivity contribution in [2.75, 3.05) is 0 Å². The molecule has 0 aromatic heterocycles. The highest BCUT2D eigenvalue weighted by Gasteiger charge is 2.12. The average Bonchev–Trinajstić information content (AvgIpc) is 2.69. The molecule has 0 heterocycles. The lowest BCUT2D eigenvalue weighted by Gasteiger charge is -2.11. The molecular formula is C21H15BrCl2N2O2. The van der Waals surface area contributed by atoms with E-state index in [2.05, 4.69) is 26.5 Å². The minimum absolute atomic E-state index is 0.211. The Balaban J connectivity index is 1.67. The minimum atomic E-state index is -0.369. The molecule has 0 bridgehead atoms. The van der Waals surface area contributed by atoms with E-state index < -0.39 is 0 Å². The summed E-state index contributed by atoms with van der Waals surface area (Å²) in [5, 5.41) is 5.06. The van der Waals surface area contributed by atoms with E-state index in [4.69, 9.17) is 27.9 Å². The second-order valence-corrected chi connectivity index (χ2v) is 7.53. The predicted octanol–water partition coefficient (Wildman–Crippen LogP) is 6.10. The highest BCUT2D eigenvalue weighted by molar-refractivity contribution is 9.10. The number of rotatable bonds is 6. The summed E-state index contributed by atoms with van der Waals surface area (Å²) in [4.78, 5) is 12.5. The third kappa shape index (κ3) is 5.58. The van der Waals surface area contributed by atoms with Gasteiger partial charge in [-0.05, 0) is 42.0 Å². The summed E-state index contributed by atoms with van der Waals surface area (Å²) < 4.78 is 6.77. The molecule has 0 spiro atoms. The Morgan fingerprint density at radius 2 is 1.82 bits per heavy atom. The predicted molar refractivity (Wildman–Crippen MR) is 116 cm³/mol. The summed E-state index contributed by atoms with van der Waals surface area (Å²) >= 11 is 15.4. The Bertz CT molecular complexity index is 1010. The molecule has 0 radical (unpaired) electrons. The van der Waals surface area contributed by atoms with Crippen LogP contribution in [-0.2, 0) is 6.61 Å². The Labute approximate surface area is 181 Å². The van der Waals surface area contributed by atoms with E-state index in [1.807, 2.05) is 24.3 Å². The van der Waals surface area contributed by atoms with Crippen molar-refractivity contribution in [3.8, 4) is 5.75 Å². The van der Waals surface area contributed by atoms with Crippen LogP contribution in [0.4, 0.5) is 0 Å². The van der Waals surface area contributed by atoms with Crippen molar-refractivity contribution in [2.24, 2.45) is 5.10 Å². The van der Waals surface area contributed by atoms with Crippen LogP contribution in [0, 0.1) is 0 Å². The third-order valence-corrected chi connectivity index (χ3v) is 4.90. The number of halogens is 3. The van der Waals surface area contributed by atoms with E-state index in [0.29, 0.717) is 21.4 Å². The molecule has 0 aliphatic heterocycles. The van der Waals surface area contributed by atoms with E-state index in [1.165, 1.54) is 0 Å². The zero-order valence-corrected chi connectivity index (χ0v) is 17.6. The lowest BCUT2D eigenvalue weighted by atomic mass is 10.2. The molecule has 28 heavy (non-hydrogen) atoms. The van der Waals surface area contributed by atoms with Crippen LogP contribution in [0.3, 0.4) is 0 Å². The van der Waals surface area contributed by atoms with Gasteiger partial charge in [0.2, 0.25) is 0 Å². The molecule has 3 rings (SSSR count). The van der Waals surface area contributed by atoms with Gasteiger partial charge in [0.1, 0.15) is 12.4 Å². The van der Waals surface area contributed by atoms with Gasteiger partial charge in [0.25, 0.3) is 5.91 Å². The van der Waals surface area contributed by atoms with Gasteiger partial charge in [0.15, 0.2) is 0 Å². The lowest BCUT2D eigenvalue weighted by molar-refractivity contribution is 0.0950. The zero-order valence-electron chi connectivity index (χ0n) is 14.5. The van der Waals surface area contributed by atoms with Crippen molar-refractivity contribution in [1.82, 2.24) is 5.43 Å². The average molecular weight is 478 g/mol. The maximum absolute atomic E-state index is 12.5. The molecule has 0 aliphatic carbocycles. The van der Waals surface area contributed by atoms with Gasteiger partial charge in [-0.25, -0.2) is 5.43 Å². The highest BCUT2D eigenvalue weighted by atomic mass is 79.9. The molecule has 0 saturated heterocycles. The Morgan fingerprint density at radius 3 is 2.57 bits per heavy atom. The molecule has 1 N–H and O–H groups in total. The topological polar surface area (TPSA) is 50.7 Å². The molecule has 7 heteroatoms. The first-order valence-electron chi connectivity index (χ1n) is 8.27. The van der Waals surface area contributed by atoms with Crippen LogP contribution in [0.15, 0.2) is 76.3 Å². The number of hydrogen-bond donors (Lipinski definition) is 1. The number of carbonyl (C=O) groups excluding carboxylic acids is 1. The fraction of sp³-hybridized carbons (Fsp3) is 0.0476. The van der Waals surface area contributed by atoms with Crippen molar-refractivity contribution >= 4 is 51.3 Å². The molecule has 0 saturated carbocycles. The smallest absolute Gasteiger partial charge is 0.275 e. The van der Waals surface area contributed by atoms with Crippen LogP contribution in [0.25, 0.3) is 0 Å². The summed E-state index contributed by atoms with van der Waals surface area (Å²) in [5.41, 5.74) is 4.53. The molecule has 142 valence electrons. The zero-order chi connectivity index (χ0) is 19.9. The van der Waals surface area contributed by atoms with Crippen molar-refractivity contribution in [2.45, 2.75) is 6.61 Å². The van der Waals surface area contributed by atoms with Crippen molar-refractivity contribution < 1.29 is 9.53 Å². The van der Waals surface area contributed by atoms with Gasteiger partial charge >= 0.3 is 0 Å². The molecule has 3 aromatic rings. The van der Waals surface area contributed by atoms with Crippen LogP contribution in [-0.4, -0.2) is 12.1 Å². The van der Waals surface area contributed by atoms with Crippen LogP contribution in [0.2, 0.25) is 10.0 Å².